The minimum Gasteiger partial charge on any atom is -0.350 e. The van der Waals surface area contributed by atoms with Crippen LogP contribution < -0.4 is 10.9 Å². The molecule has 0 bridgehead atoms. The van der Waals surface area contributed by atoms with E-state index in [9.17, 15) is 14.0 Å². The van der Waals surface area contributed by atoms with E-state index in [0.717, 1.165) is 5.56 Å². The molecule has 0 aliphatic heterocycles. The van der Waals surface area contributed by atoms with Crippen molar-refractivity contribution in [3.8, 4) is 0 Å². The predicted molar refractivity (Wildman–Crippen MR) is 87.5 cm³/mol. The van der Waals surface area contributed by atoms with Crippen LogP contribution in [0.3, 0.4) is 0 Å². The summed E-state index contributed by atoms with van der Waals surface area (Å²) >= 11 is 0. The van der Waals surface area contributed by atoms with Gasteiger partial charge in [-0.2, -0.15) is 4.39 Å². The van der Waals surface area contributed by atoms with Gasteiger partial charge < -0.3 is 9.88 Å². The first-order valence-corrected chi connectivity index (χ1v) is 7.64. The number of halogens is 1. The van der Waals surface area contributed by atoms with Crippen molar-refractivity contribution >= 4 is 11.6 Å². The number of hydrogen-bond acceptors (Lipinski definition) is 3. The lowest BCUT2D eigenvalue weighted by Crippen LogP contribution is -2.27. The summed E-state index contributed by atoms with van der Waals surface area (Å²) in [6.45, 7) is 2.64. The number of pyridine rings is 2. The summed E-state index contributed by atoms with van der Waals surface area (Å²) in [5.41, 5.74) is 0.946. The minimum absolute atomic E-state index is 0.0920. The average Bonchev–Trinajstić information content (AvgIpc) is 2.89. The van der Waals surface area contributed by atoms with E-state index in [1.807, 2.05) is 6.92 Å². The van der Waals surface area contributed by atoms with E-state index < -0.39 is 11.9 Å². The lowest BCUT2D eigenvalue weighted by molar-refractivity contribution is 0.0943. The summed E-state index contributed by atoms with van der Waals surface area (Å²) in [6, 6.07) is 8.40. The van der Waals surface area contributed by atoms with E-state index >= 15 is 0 Å². The summed E-state index contributed by atoms with van der Waals surface area (Å²) in [4.78, 5) is 27.7. The molecule has 1 N–H and O–H groups in total. The second kappa shape index (κ2) is 6.66. The van der Waals surface area contributed by atoms with Gasteiger partial charge in [-0.1, -0.05) is 12.1 Å². The molecule has 0 radical (unpaired) electrons. The normalized spacial score (nSPS) is 10.9. The molecule has 0 aliphatic carbocycles. The molecule has 0 atom stereocenters. The zero-order valence-electron chi connectivity index (χ0n) is 13.2. The lowest BCUT2D eigenvalue weighted by Gasteiger charge is -2.05. The number of rotatable bonds is 5. The number of hydrogen-bond donors (Lipinski definition) is 1. The van der Waals surface area contributed by atoms with Gasteiger partial charge in [-0.25, -0.2) is 4.98 Å². The zero-order chi connectivity index (χ0) is 17.1. The molecule has 24 heavy (non-hydrogen) atoms. The molecule has 0 saturated heterocycles. The monoisotopic (exact) mass is 328 g/mol. The maximum Gasteiger partial charge on any atom is 0.274 e. The van der Waals surface area contributed by atoms with Gasteiger partial charge in [0.1, 0.15) is 5.65 Å². The summed E-state index contributed by atoms with van der Waals surface area (Å²) in [6.07, 6.45) is 3.84. The van der Waals surface area contributed by atoms with Crippen molar-refractivity contribution < 1.29 is 9.18 Å². The van der Waals surface area contributed by atoms with Crippen molar-refractivity contribution in [3.05, 3.63) is 70.3 Å². The largest absolute Gasteiger partial charge is 0.350 e. The third-order valence-corrected chi connectivity index (χ3v) is 3.68. The second-order valence-corrected chi connectivity index (χ2v) is 5.53. The highest BCUT2D eigenvalue weighted by Crippen LogP contribution is 2.12. The Kier molecular flexibility index (Phi) is 4.41. The molecular formula is C17H17FN4O2. The lowest BCUT2D eigenvalue weighted by atomic mass is 10.3. The van der Waals surface area contributed by atoms with E-state index in [1.54, 1.807) is 41.2 Å². The molecule has 7 heteroatoms. The van der Waals surface area contributed by atoms with E-state index in [4.69, 9.17) is 0 Å². The highest BCUT2D eigenvalue weighted by atomic mass is 19.1. The number of nitrogens with one attached hydrogen (secondary N) is 1. The Morgan fingerprint density at radius 1 is 1.29 bits per heavy atom. The molecule has 124 valence electrons. The van der Waals surface area contributed by atoms with Gasteiger partial charge in [-0.15, -0.1) is 0 Å². The van der Waals surface area contributed by atoms with E-state index in [2.05, 4.69) is 10.3 Å². The standard InChI is InChI=1S/C17H17FN4O2/c1-12-6-7-13-20-15(16(18)22(13)11-12)17(24)19-8-4-10-21-9-3-2-5-14(21)23/h2-3,5-7,9,11H,4,8,10H2,1H3,(H,19,24). The summed E-state index contributed by atoms with van der Waals surface area (Å²) in [5.74, 6) is -1.24. The maximum atomic E-state index is 14.3. The quantitative estimate of drug-likeness (QED) is 0.726. The molecule has 0 spiro atoms. The Labute approximate surface area is 137 Å². The third kappa shape index (κ3) is 3.19. The predicted octanol–water partition coefficient (Wildman–Crippen LogP) is 1.76. The van der Waals surface area contributed by atoms with Gasteiger partial charge in [0.25, 0.3) is 5.91 Å². The SMILES string of the molecule is Cc1ccc2nc(C(=O)NCCCn3ccccc3=O)c(F)n2c1. The number of fused-ring (bicyclic) bond motifs is 1. The topological polar surface area (TPSA) is 68.4 Å². The Morgan fingerprint density at radius 3 is 2.92 bits per heavy atom. The molecule has 0 saturated carbocycles. The van der Waals surface area contributed by atoms with Crippen LogP contribution in [0.15, 0.2) is 47.5 Å². The van der Waals surface area contributed by atoms with E-state index in [0.29, 0.717) is 25.2 Å². The molecular weight excluding hydrogens is 311 g/mol. The fourth-order valence-corrected chi connectivity index (χ4v) is 2.45. The van der Waals surface area contributed by atoms with Crippen LogP contribution in [-0.2, 0) is 6.54 Å². The number of amides is 1. The van der Waals surface area contributed by atoms with Crippen molar-refractivity contribution in [2.45, 2.75) is 19.9 Å². The number of carbonyl (C=O) groups is 1. The fraction of sp³-hybridized carbons (Fsp3) is 0.235. The van der Waals surface area contributed by atoms with Crippen molar-refractivity contribution in [2.75, 3.05) is 6.54 Å². The second-order valence-electron chi connectivity index (χ2n) is 5.53. The van der Waals surface area contributed by atoms with Gasteiger partial charge in [0.05, 0.1) is 0 Å². The van der Waals surface area contributed by atoms with Gasteiger partial charge in [0.2, 0.25) is 11.5 Å². The Bertz CT molecular complexity index is 945. The molecule has 3 aromatic heterocycles. The number of aryl methyl sites for hydroxylation is 2. The number of nitrogens with zero attached hydrogens (tertiary/aromatic N) is 3. The Morgan fingerprint density at radius 2 is 2.12 bits per heavy atom. The van der Waals surface area contributed by atoms with Gasteiger partial charge in [0.15, 0.2) is 5.69 Å². The highest BCUT2D eigenvalue weighted by Gasteiger charge is 2.18. The minimum atomic E-state index is -0.675. The van der Waals surface area contributed by atoms with Crippen LogP contribution in [0.1, 0.15) is 22.5 Å². The highest BCUT2D eigenvalue weighted by molar-refractivity contribution is 5.93. The van der Waals surface area contributed by atoms with Crippen molar-refractivity contribution in [2.24, 2.45) is 0 Å². The van der Waals surface area contributed by atoms with Gasteiger partial charge in [-0.05, 0) is 31.0 Å². The molecule has 6 nitrogen and oxygen atoms in total. The first-order valence-electron chi connectivity index (χ1n) is 7.64. The molecule has 0 fully saturated rings. The fourth-order valence-electron chi connectivity index (χ4n) is 2.45. The molecule has 3 heterocycles. The molecule has 3 rings (SSSR count). The number of aromatic nitrogens is 3. The van der Waals surface area contributed by atoms with Crippen molar-refractivity contribution in [1.82, 2.24) is 19.3 Å². The molecule has 3 aromatic rings. The van der Waals surface area contributed by atoms with Gasteiger partial charge in [0, 0.05) is 31.5 Å². The Hall–Kier alpha value is -2.96. The van der Waals surface area contributed by atoms with Crippen LogP contribution in [0.2, 0.25) is 0 Å². The molecule has 0 unspecified atom stereocenters. The smallest absolute Gasteiger partial charge is 0.274 e. The van der Waals surface area contributed by atoms with Crippen molar-refractivity contribution in [1.29, 1.82) is 0 Å². The van der Waals surface area contributed by atoms with Crippen LogP contribution in [-0.4, -0.2) is 26.4 Å². The zero-order valence-corrected chi connectivity index (χ0v) is 13.2. The summed E-state index contributed by atoms with van der Waals surface area (Å²) in [7, 11) is 0. The van der Waals surface area contributed by atoms with Crippen LogP contribution in [0.25, 0.3) is 5.65 Å². The Balaban J connectivity index is 1.62. The van der Waals surface area contributed by atoms with Crippen LogP contribution in [0, 0.1) is 12.9 Å². The van der Waals surface area contributed by atoms with Gasteiger partial charge in [-0.3, -0.25) is 14.0 Å². The maximum absolute atomic E-state index is 14.3. The van der Waals surface area contributed by atoms with Crippen LogP contribution in [0.5, 0.6) is 0 Å². The summed E-state index contributed by atoms with van der Waals surface area (Å²) in [5, 5.41) is 2.63. The van der Waals surface area contributed by atoms with Gasteiger partial charge >= 0.3 is 0 Å². The average molecular weight is 328 g/mol. The third-order valence-electron chi connectivity index (χ3n) is 3.68. The molecule has 0 aromatic carbocycles. The van der Waals surface area contributed by atoms with E-state index in [1.165, 1.54) is 10.5 Å². The molecule has 0 aliphatic rings. The van der Waals surface area contributed by atoms with Crippen molar-refractivity contribution in [3.63, 3.8) is 0 Å². The van der Waals surface area contributed by atoms with Crippen LogP contribution >= 0.6 is 0 Å². The van der Waals surface area contributed by atoms with E-state index in [-0.39, 0.29) is 11.3 Å². The molecule has 1 amide bonds. The van der Waals surface area contributed by atoms with Crippen LogP contribution in [0.4, 0.5) is 4.39 Å². The number of imidazole rings is 1. The first kappa shape index (κ1) is 15.9. The number of carbonyl (C=O) groups excluding carboxylic acids is 1. The summed E-state index contributed by atoms with van der Waals surface area (Å²) < 4.78 is 17.1. The first-order chi connectivity index (χ1) is 11.6.